The van der Waals surface area contributed by atoms with Crippen molar-refractivity contribution in [3.63, 3.8) is 0 Å². The smallest absolute Gasteiger partial charge is 0.251 e. The summed E-state index contributed by atoms with van der Waals surface area (Å²) in [7, 11) is 0. The van der Waals surface area contributed by atoms with Gasteiger partial charge >= 0.3 is 0 Å². The normalized spacial score (nSPS) is 10.5. The van der Waals surface area contributed by atoms with Crippen molar-refractivity contribution in [3.8, 4) is 11.8 Å². The Morgan fingerprint density at radius 3 is 2.71 bits per heavy atom. The van der Waals surface area contributed by atoms with Crippen molar-refractivity contribution < 1.29 is 9.15 Å². The van der Waals surface area contributed by atoms with Gasteiger partial charge in [0.1, 0.15) is 18.4 Å². The first-order valence-electron chi connectivity index (χ1n) is 7.24. The number of benzene rings is 2. The van der Waals surface area contributed by atoms with E-state index in [1.807, 2.05) is 60.7 Å². The zero-order valence-electron chi connectivity index (χ0n) is 12.7. The number of nitrogens with one attached hydrogen (secondary N) is 1. The topological polar surface area (TPSA) is 83.4 Å². The minimum Gasteiger partial charge on any atom is -0.489 e. The summed E-state index contributed by atoms with van der Waals surface area (Å²) in [5.74, 6) is 1.00. The molecule has 3 rings (SSSR count). The molecule has 24 heavy (non-hydrogen) atoms. The molecule has 3 aromatic rings. The van der Waals surface area contributed by atoms with E-state index in [0.29, 0.717) is 6.61 Å². The maximum Gasteiger partial charge on any atom is 0.251 e. The second-order valence-electron chi connectivity index (χ2n) is 4.86. The van der Waals surface area contributed by atoms with Gasteiger partial charge in [-0.1, -0.05) is 30.3 Å². The Morgan fingerprint density at radius 1 is 1.17 bits per heavy atom. The number of hydrogen-bond donors (Lipinski definition) is 1. The first kappa shape index (κ1) is 15.3. The van der Waals surface area contributed by atoms with Gasteiger partial charge < -0.3 is 9.15 Å². The maximum absolute atomic E-state index is 8.81. The number of rotatable bonds is 6. The van der Waals surface area contributed by atoms with Crippen LogP contribution in [0.25, 0.3) is 0 Å². The lowest BCUT2D eigenvalue weighted by atomic mass is 10.2. The Balaban J connectivity index is 1.54. The molecule has 0 saturated heterocycles. The Hall–Kier alpha value is -3.59. The third-order valence-electron chi connectivity index (χ3n) is 3.18. The molecular weight excluding hydrogens is 304 g/mol. The maximum atomic E-state index is 8.81. The van der Waals surface area contributed by atoms with Crippen molar-refractivity contribution in [1.82, 2.24) is 4.98 Å². The van der Waals surface area contributed by atoms with Gasteiger partial charge in [-0.05, 0) is 35.4 Å². The molecule has 0 fully saturated rings. The minimum absolute atomic E-state index is 0.164. The molecule has 0 amide bonds. The van der Waals surface area contributed by atoms with Crippen molar-refractivity contribution in [3.05, 3.63) is 77.8 Å². The highest BCUT2D eigenvalue weighted by molar-refractivity contribution is 5.80. The lowest BCUT2D eigenvalue weighted by Gasteiger charge is -2.06. The predicted molar refractivity (Wildman–Crippen MR) is 89.7 cm³/mol. The van der Waals surface area contributed by atoms with Gasteiger partial charge in [0.2, 0.25) is 5.69 Å². The van der Waals surface area contributed by atoms with Gasteiger partial charge in [-0.15, -0.1) is 0 Å². The first-order chi connectivity index (χ1) is 11.8. The number of nitrogens with zero attached hydrogens (tertiary/aromatic N) is 3. The average molecular weight is 318 g/mol. The fourth-order valence-corrected chi connectivity index (χ4v) is 1.96. The quantitative estimate of drug-likeness (QED) is 0.555. The van der Waals surface area contributed by atoms with Gasteiger partial charge in [-0.25, -0.2) is 10.4 Å². The molecule has 0 aliphatic rings. The van der Waals surface area contributed by atoms with Crippen LogP contribution in [0.2, 0.25) is 0 Å². The molecule has 1 aromatic heterocycles. The SMILES string of the molecule is N#Cc1ncoc1N/N=C\c1ccc(OCc2ccccc2)cc1. The molecule has 0 aliphatic carbocycles. The fraction of sp³-hybridized carbons (Fsp3) is 0.0556. The average Bonchev–Trinajstić information content (AvgIpc) is 3.09. The molecular formula is C18H14N4O2. The van der Waals surface area contributed by atoms with Gasteiger partial charge in [0.25, 0.3) is 5.88 Å². The Labute approximate surface area is 139 Å². The Morgan fingerprint density at radius 2 is 1.96 bits per heavy atom. The van der Waals surface area contributed by atoms with Crippen LogP contribution in [0.3, 0.4) is 0 Å². The number of ether oxygens (including phenoxy) is 1. The van der Waals surface area contributed by atoms with E-state index < -0.39 is 0 Å². The Kier molecular flexibility index (Phi) is 4.85. The molecule has 1 heterocycles. The van der Waals surface area contributed by atoms with Crippen molar-refractivity contribution >= 4 is 12.1 Å². The summed E-state index contributed by atoms with van der Waals surface area (Å²) in [4.78, 5) is 3.74. The second-order valence-corrected chi connectivity index (χ2v) is 4.86. The molecule has 0 unspecified atom stereocenters. The molecule has 2 aromatic carbocycles. The highest BCUT2D eigenvalue weighted by Gasteiger charge is 2.04. The predicted octanol–water partition coefficient (Wildman–Crippen LogP) is 3.57. The van der Waals surface area contributed by atoms with E-state index >= 15 is 0 Å². The van der Waals surface area contributed by atoms with Crippen molar-refractivity contribution in [2.24, 2.45) is 5.10 Å². The summed E-state index contributed by atoms with van der Waals surface area (Å²) in [6, 6.07) is 19.4. The largest absolute Gasteiger partial charge is 0.489 e. The molecule has 1 N–H and O–H groups in total. The third kappa shape index (κ3) is 3.99. The number of nitriles is 1. The number of anilines is 1. The van der Waals surface area contributed by atoms with Crippen molar-refractivity contribution in [1.29, 1.82) is 5.26 Å². The molecule has 0 atom stereocenters. The van der Waals surface area contributed by atoms with E-state index in [4.69, 9.17) is 14.4 Å². The van der Waals surface area contributed by atoms with E-state index in [1.165, 1.54) is 6.39 Å². The third-order valence-corrected chi connectivity index (χ3v) is 3.18. The van der Waals surface area contributed by atoms with E-state index in [0.717, 1.165) is 16.9 Å². The molecule has 0 radical (unpaired) electrons. The number of hydrazone groups is 1. The zero-order chi connectivity index (χ0) is 16.6. The van der Waals surface area contributed by atoms with Crippen LogP contribution in [0.4, 0.5) is 5.88 Å². The van der Waals surface area contributed by atoms with Crippen molar-refractivity contribution in [2.45, 2.75) is 6.61 Å². The molecule has 0 aliphatic heterocycles. The van der Waals surface area contributed by atoms with Gasteiger partial charge in [-0.3, -0.25) is 0 Å². The van der Waals surface area contributed by atoms with Crippen LogP contribution in [-0.4, -0.2) is 11.2 Å². The molecule has 118 valence electrons. The van der Waals surface area contributed by atoms with Crippen LogP contribution in [0.15, 0.2) is 70.5 Å². The highest BCUT2D eigenvalue weighted by Crippen LogP contribution is 2.14. The van der Waals surface area contributed by atoms with Crippen LogP contribution in [0.1, 0.15) is 16.8 Å². The highest BCUT2D eigenvalue weighted by atomic mass is 16.5. The van der Waals surface area contributed by atoms with Gasteiger partial charge in [0.05, 0.1) is 6.21 Å². The van der Waals surface area contributed by atoms with E-state index in [2.05, 4.69) is 15.5 Å². The molecule has 6 heteroatoms. The summed E-state index contributed by atoms with van der Waals surface area (Å²) in [5, 5.41) is 12.8. The van der Waals surface area contributed by atoms with Crippen LogP contribution in [0.5, 0.6) is 5.75 Å². The number of hydrogen-bond acceptors (Lipinski definition) is 6. The summed E-state index contributed by atoms with van der Waals surface area (Å²) in [6.07, 6.45) is 2.81. The summed E-state index contributed by atoms with van der Waals surface area (Å²) < 4.78 is 10.7. The lowest BCUT2D eigenvalue weighted by molar-refractivity contribution is 0.306. The second kappa shape index (κ2) is 7.61. The van der Waals surface area contributed by atoms with Crippen LogP contribution in [0, 0.1) is 11.3 Å². The van der Waals surface area contributed by atoms with Crippen LogP contribution in [-0.2, 0) is 6.61 Å². The molecule has 0 saturated carbocycles. The summed E-state index contributed by atoms with van der Waals surface area (Å²) in [5.41, 5.74) is 4.80. The Bertz CT molecular complexity index is 849. The van der Waals surface area contributed by atoms with E-state index in [1.54, 1.807) is 6.21 Å². The van der Waals surface area contributed by atoms with Crippen molar-refractivity contribution in [2.75, 3.05) is 5.43 Å². The van der Waals surface area contributed by atoms with Gasteiger partial charge in [-0.2, -0.15) is 10.4 Å². The van der Waals surface area contributed by atoms with E-state index in [9.17, 15) is 0 Å². The number of oxazole rings is 1. The van der Waals surface area contributed by atoms with Gasteiger partial charge in [0, 0.05) is 0 Å². The monoisotopic (exact) mass is 318 g/mol. The molecule has 0 spiro atoms. The fourth-order valence-electron chi connectivity index (χ4n) is 1.96. The summed E-state index contributed by atoms with van der Waals surface area (Å²) >= 11 is 0. The minimum atomic E-state index is 0.164. The molecule has 0 bridgehead atoms. The van der Waals surface area contributed by atoms with Crippen LogP contribution >= 0.6 is 0 Å². The zero-order valence-corrected chi connectivity index (χ0v) is 12.7. The number of aromatic nitrogens is 1. The first-order valence-corrected chi connectivity index (χ1v) is 7.24. The van der Waals surface area contributed by atoms with Gasteiger partial charge in [0.15, 0.2) is 6.39 Å². The molecule has 6 nitrogen and oxygen atoms in total. The standard InChI is InChI=1S/C18H14N4O2/c19-10-17-18(24-13-20-17)22-21-11-14-6-8-16(9-7-14)23-12-15-4-2-1-3-5-15/h1-9,11,13,22H,12H2/b21-11-. The van der Waals surface area contributed by atoms with E-state index in [-0.39, 0.29) is 11.6 Å². The summed E-state index contributed by atoms with van der Waals surface area (Å²) in [6.45, 7) is 0.526. The lowest BCUT2D eigenvalue weighted by Crippen LogP contribution is -1.95. The van der Waals surface area contributed by atoms with Crippen LogP contribution < -0.4 is 10.2 Å².